The van der Waals surface area contributed by atoms with Crippen molar-refractivity contribution in [1.29, 1.82) is 0 Å². The summed E-state index contributed by atoms with van der Waals surface area (Å²) in [6, 6.07) is 5.65. The quantitative estimate of drug-likeness (QED) is 0.330. The number of nitrogens with zero attached hydrogens (tertiary/aromatic N) is 1. The Bertz CT molecular complexity index is 609. The predicted molar refractivity (Wildman–Crippen MR) is 59.2 cm³/mol. The summed E-state index contributed by atoms with van der Waals surface area (Å²) in [6.07, 6.45) is 12.3. The highest BCUT2D eigenvalue weighted by atomic mass is 32.2. The van der Waals surface area contributed by atoms with Crippen molar-refractivity contribution in [3.63, 3.8) is 0 Å². The van der Waals surface area contributed by atoms with E-state index in [0.29, 0.717) is 6.54 Å². The van der Waals surface area contributed by atoms with E-state index in [9.17, 15) is 13.2 Å². The van der Waals surface area contributed by atoms with Crippen LogP contribution in [0.2, 0.25) is 0 Å². The predicted octanol–water partition coefficient (Wildman–Crippen LogP) is 0.640. The molecule has 0 N–H and O–H groups in total. The Labute approximate surface area is 108 Å². The van der Waals surface area contributed by atoms with E-state index in [1.807, 2.05) is 29.0 Å². The van der Waals surface area contributed by atoms with Crippen LogP contribution in [0.3, 0.4) is 0 Å². The molecule has 0 aliphatic heterocycles. The van der Waals surface area contributed by atoms with E-state index in [1.165, 1.54) is 0 Å². The van der Waals surface area contributed by atoms with Gasteiger partial charge in [0.05, 0.1) is 0 Å². The first kappa shape index (κ1) is 17.0. The van der Waals surface area contributed by atoms with Crippen molar-refractivity contribution in [2.75, 3.05) is 0 Å². The molecule has 1 aromatic heterocycles. The second-order valence-electron chi connectivity index (χ2n) is 2.96. The van der Waals surface area contributed by atoms with Crippen LogP contribution in [-0.4, -0.2) is 18.5 Å². The number of terminal acetylenes is 2. The summed E-state index contributed by atoms with van der Waals surface area (Å²) in [4.78, 5) is 0. The molecular weight excluding hydrogens is 283 g/mol. The molecule has 0 atom stereocenters. The number of hydrogen-bond acceptors (Lipinski definition) is 3. The minimum Gasteiger partial charge on any atom is -0.741 e. The van der Waals surface area contributed by atoms with Gasteiger partial charge in [-0.15, -0.1) is 12.8 Å². The molecule has 0 bridgehead atoms. The number of alkyl halides is 3. The number of hydrogen-bond donors (Lipinski definition) is 0. The van der Waals surface area contributed by atoms with Gasteiger partial charge in [-0.05, 0) is 17.9 Å². The van der Waals surface area contributed by atoms with Gasteiger partial charge in [-0.25, -0.2) is 8.42 Å². The van der Waals surface area contributed by atoms with Crippen LogP contribution in [0.1, 0.15) is 5.69 Å². The van der Waals surface area contributed by atoms with Crippen LogP contribution in [0, 0.1) is 24.7 Å². The molecule has 0 aliphatic carbocycles. The minimum absolute atomic E-state index is 0.528. The van der Waals surface area contributed by atoms with Crippen molar-refractivity contribution >= 4 is 10.1 Å². The first-order valence-corrected chi connectivity index (χ1v) is 5.95. The maximum atomic E-state index is 10.7. The second-order valence-corrected chi connectivity index (χ2v) is 4.33. The summed E-state index contributed by atoms with van der Waals surface area (Å²) in [6.45, 7) is 0.528. The van der Waals surface area contributed by atoms with Crippen molar-refractivity contribution in [3.8, 4) is 24.7 Å². The molecule has 4 nitrogen and oxygen atoms in total. The normalized spacial score (nSPS) is 10.6. The fraction of sp³-hybridized carbons (Fsp3) is 0.182. The van der Waals surface area contributed by atoms with E-state index < -0.39 is 15.6 Å². The van der Waals surface area contributed by atoms with Gasteiger partial charge in [0.25, 0.3) is 5.69 Å². The maximum absolute atomic E-state index is 10.7. The molecule has 0 fully saturated rings. The summed E-state index contributed by atoms with van der Waals surface area (Å²) in [5.74, 6) is 5.07. The molecule has 0 saturated heterocycles. The maximum Gasteiger partial charge on any atom is 0.485 e. The average Bonchev–Trinajstić information content (AvgIpc) is 2.28. The smallest absolute Gasteiger partial charge is 0.485 e. The Kier molecular flexibility index (Phi) is 6.06. The summed E-state index contributed by atoms with van der Waals surface area (Å²) in [5.41, 5.74) is -4.84. The fourth-order valence-electron chi connectivity index (χ4n) is 0.844. The van der Waals surface area contributed by atoms with Gasteiger partial charge in [-0.1, -0.05) is 0 Å². The summed E-state index contributed by atoms with van der Waals surface area (Å²) in [5, 5.41) is 0. The Balaban J connectivity index is 0.000000362. The molecular formula is C11H8F3NO3S. The van der Waals surface area contributed by atoms with Crippen molar-refractivity contribution in [3.05, 3.63) is 30.1 Å². The molecule has 102 valence electrons. The number of aromatic nitrogens is 1. The Morgan fingerprint density at radius 2 is 1.84 bits per heavy atom. The van der Waals surface area contributed by atoms with Crippen LogP contribution >= 0.6 is 0 Å². The van der Waals surface area contributed by atoms with Crippen LogP contribution in [-0.2, 0) is 16.7 Å². The summed E-state index contributed by atoms with van der Waals surface area (Å²) < 4.78 is 60.8. The summed E-state index contributed by atoms with van der Waals surface area (Å²) in [7, 11) is -6.09. The topological polar surface area (TPSA) is 61.1 Å². The standard InChI is InChI=1S/C10H8N.CHF3O3S/c1-3-8-11-9-6-5-7-10(11)4-2;2-1(3,4)8(5,6)7/h1-2,5-7,9H,8H2;(H,5,6,7)/q+1;/p-1. The van der Waals surface area contributed by atoms with Gasteiger partial charge in [0.15, 0.2) is 16.3 Å². The SMILES string of the molecule is C#CC[n+]1ccccc1C#C.O=S(=O)([O-])C(F)(F)F. The lowest BCUT2D eigenvalue weighted by molar-refractivity contribution is -0.687. The highest BCUT2D eigenvalue weighted by molar-refractivity contribution is 7.86. The van der Waals surface area contributed by atoms with Crippen LogP contribution in [0.4, 0.5) is 13.2 Å². The molecule has 0 aliphatic rings. The molecule has 0 unspecified atom stereocenters. The third kappa shape index (κ3) is 5.91. The van der Waals surface area contributed by atoms with Gasteiger partial charge in [-0.3, -0.25) is 0 Å². The molecule has 0 aromatic carbocycles. The molecule has 19 heavy (non-hydrogen) atoms. The van der Waals surface area contributed by atoms with E-state index in [1.54, 1.807) is 0 Å². The van der Waals surface area contributed by atoms with Crippen molar-refractivity contribution in [1.82, 2.24) is 0 Å². The zero-order chi connectivity index (χ0) is 15.1. The largest absolute Gasteiger partial charge is 0.741 e. The molecule has 0 saturated carbocycles. The molecule has 0 spiro atoms. The van der Waals surface area contributed by atoms with Gasteiger partial charge in [0.2, 0.25) is 6.54 Å². The Morgan fingerprint density at radius 1 is 1.32 bits per heavy atom. The lowest BCUT2D eigenvalue weighted by Crippen LogP contribution is -2.35. The molecule has 0 amide bonds. The Hall–Kier alpha value is -2.03. The minimum atomic E-state index is -6.09. The number of halogens is 3. The van der Waals surface area contributed by atoms with Crippen molar-refractivity contribution in [2.45, 2.75) is 12.1 Å². The van der Waals surface area contributed by atoms with E-state index in [4.69, 9.17) is 25.8 Å². The zero-order valence-corrected chi connectivity index (χ0v) is 10.2. The monoisotopic (exact) mass is 291 g/mol. The van der Waals surface area contributed by atoms with Crippen molar-refractivity contribution < 1.29 is 30.7 Å². The van der Waals surface area contributed by atoms with E-state index in [2.05, 4.69) is 11.8 Å². The van der Waals surface area contributed by atoms with Gasteiger partial charge in [0, 0.05) is 12.1 Å². The third-order valence-corrected chi connectivity index (χ3v) is 2.20. The summed E-state index contributed by atoms with van der Waals surface area (Å²) >= 11 is 0. The lowest BCUT2D eigenvalue weighted by Gasteiger charge is -2.08. The van der Waals surface area contributed by atoms with Gasteiger partial charge >= 0.3 is 5.51 Å². The lowest BCUT2D eigenvalue weighted by atomic mass is 10.3. The second kappa shape index (κ2) is 6.78. The van der Waals surface area contributed by atoms with Gasteiger partial charge in [-0.2, -0.15) is 17.7 Å². The number of pyridine rings is 1. The molecule has 1 aromatic rings. The third-order valence-electron chi connectivity index (χ3n) is 1.63. The molecule has 0 radical (unpaired) electrons. The molecule has 1 heterocycles. The molecule has 1 rings (SSSR count). The first-order chi connectivity index (χ1) is 8.63. The van der Waals surface area contributed by atoms with E-state index >= 15 is 0 Å². The number of rotatable bonds is 1. The van der Waals surface area contributed by atoms with E-state index in [0.717, 1.165) is 5.69 Å². The van der Waals surface area contributed by atoms with E-state index in [-0.39, 0.29) is 0 Å². The highest BCUT2D eigenvalue weighted by Gasteiger charge is 2.36. The van der Waals surface area contributed by atoms with Gasteiger partial charge < -0.3 is 4.55 Å². The van der Waals surface area contributed by atoms with Crippen LogP contribution in [0.15, 0.2) is 24.4 Å². The highest BCUT2D eigenvalue weighted by Crippen LogP contribution is 2.20. The Morgan fingerprint density at radius 3 is 2.21 bits per heavy atom. The van der Waals surface area contributed by atoms with Crippen molar-refractivity contribution in [2.24, 2.45) is 0 Å². The zero-order valence-electron chi connectivity index (χ0n) is 9.39. The average molecular weight is 291 g/mol. The van der Waals surface area contributed by atoms with Gasteiger partial charge in [0.1, 0.15) is 0 Å². The van der Waals surface area contributed by atoms with Crippen LogP contribution < -0.4 is 4.57 Å². The fourth-order valence-corrected chi connectivity index (χ4v) is 0.844. The molecule has 8 heteroatoms. The van der Waals surface area contributed by atoms with Crippen LogP contribution in [0.25, 0.3) is 0 Å². The first-order valence-electron chi connectivity index (χ1n) is 4.54. The van der Waals surface area contributed by atoms with Crippen LogP contribution in [0.5, 0.6) is 0 Å².